The Bertz CT molecular complexity index is 711. The van der Waals surface area contributed by atoms with E-state index in [1.54, 1.807) is 25.3 Å². The van der Waals surface area contributed by atoms with Gasteiger partial charge in [-0.05, 0) is 57.0 Å². The third kappa shape index (κ3) is 3.58. The molecule has 0 radical (unpaired) electrons. The van der Waals surface area contributed by atoms with Crippen LogP contribution in [0.5, 0.6) is 0 Å². The average Bonchev–Trinajstić information content (AvgIpc) is 2.38. The second-order valence-electron chi connectivity index (χ2n) is 4.30. The van der Waals surface area contributed by atoms with E-state index in [0.717, 1.165) is 8.95 Å². The quantitative estimate of drug-likeness (QED) is 0.860. The molecule has 104 valence electrons. The van der Waals surface area contributed by atoms with Crippen LogP contribution in [0.3, 0.4) is 0 Å². The van der Waals surface area contributed by atoms with E-state index in [9.17, 15) is 9.59 Å². The summed E-state index contributed by atoms with van der Waals surface area (Å²) in [5, 5.41) is 2.76. The zero-order valence-electron chi connectivity index (χ0n) is 10.7. The number of halogens is 2. The first-order chi connectivity index (χ1) is 9.47. The first-order valence-corrected chi connectivity index (χ1v) is 7.47. The van der Waals surface area contributed by atoms with Crippen LogP contribution in [0, 0.1) is 6.92 Å². The molecule has 6 heteroatoms. The molecule has 0 bridgehead atoms. The maximum absolute atomic E-state index is 12.0. The molecule has 2 aromatic rings. The number of nitrogens with one attached hydrogen (secondary N) is 1. The van der Waals surface area contributed by atoms with Crippen LogP contribution in [-0.2, 0) is 11.3 Å². The summed E-state index contributed by atoms with van der Waals surface area (Å²) >= 11 is 6.67. The van der Waals surface area contributed by atoms with Crippen LogP contribution in [0.1, 0.15) is 5.56 Å². The highest BCUT2D eigenvalue weighted by Gasteiger charge is 2.09. The Labute approximate surface area is 133 Å². The highest BCUT2D eigenvalue weighted by atomic mass is 79.9. The van der Waals surface area contributed by atoms with Crippen molar-refractivity contribution in [2.24, 2.45) is 0 Å². The highest BCUT2D eigenvalue weighted by molar-refractivity contribution is 9.10. The average molecular weight is 400 g/mol. The molecular weight excluding hydrogens is 388 g/mol. The largest absolute Gasteiger partial charge is 0.324 e. The monoisotopic (exact) mass is 398 g/mol. The van der Waals surface area contributed by atoms with Crippen molar-refractivity contribution in [2.45, 2.75) is 13.5 Å². The Morgan fingerprint density at radius 3 is 2.70 bits per heavy atom. The highest BCUT2D eigenvalue weighted by Crippen LogP contribution is 2.21. The lowest BCUT2D eigenvalue weighted by Gasteiger charge is -2.10. The second kappa shape index (κ2) is 6.37. The fourth-order valence-electron chi connectivity index (χ4n) is 1.76. The molecule has 0 saturated heterocycles. The Hall–Kier alpha value is -1.40. The first-order valence-electron chi connectivity index (χ1n) is 5.88. The Balaban J connectivity index is 2.17. The van der Waals surface area contributed by atoms with Gasteiger partial charge in [0.2, 0.25) is 5.91 Å². The maximum atomic E-state index is 12.0. The van der Waals surface area contributed by atoms with Crippen LogP contribution in [0.15, 0.2) is 50.3 Å². The molecule has 0 unspecified atom stereocenters. The van der Waals surface area contributed by atoms with Crippen LogP contribution in [-0.4, -0.2) is 10.5 Å². The van der Waals surface area contributed by atoms with Gasteiger partial charge in [-0.1, -0.05) is 12.1 Å². The fourth-order valence-corrected chi connectivity index (χ4v) is 2.74. The number of pyridine rings is 1. The van der Waals surface area contributed by atoms with E-state index >= 15 is 0 Å². The number of rotatable bonds is 3. The van der Waals surface area contributed by atoms with E-state index in [2.05, 4.69) is 37.2 Å². The van der Waals surface area contributed by atoms with E-state index in [0.29, 0.717) is 11.3 Å². The summed E-state index contributed by atoms with van der Waals surface area (Å²) in [6.45, 7) is 1.69. The van der Waals surface area contributed by atoms with E-state index in [1.165, 1.54) is 4.57 Å². The number of nitrogens with zero attached hydrogens (tertiary/aromatic N) is 1. The molecule has 0 saturated carbocycles. The summed E-state index contributed by atoms with van der Waals surface area (Å²) in [6.07, 6.45) is 1.61. The van der Waals surface area contributed by atoms with Crippen molar-refractivity contribution in [1.82, 2.24) is 4.57 Å². The Morgan fingerprint density at radius 1 is 1.30 bits per heavy atom. The van der Waals surface area contributed by atoms with Gasteiger partial charge in [-0.2, -0.15) is 0 Å². The minimum absolute atomic E-state index is 0.0273. The van der Waals surface area contributed by atoms with Crippen molar-refractivity contribution < 1.29 is 4.79 Å². The van der Waals surface area contributed by atoms with Gasteiger partial charge in [-0.15, -0.1) is 0 Å². The molecule has 4 nitrogen and oxygen atoms in total. The molecule has 1 amide bonds. The number of aryl methyl sites for hydroxylation is 1. The zero-order valence-corrected chi connectivity index (χ0v) is 13.9. The van der Waals surface area contributed by atoms with E-state index < -0.39 is 0 Å². The minimum atomic E-state index is -0.253. The summed E-state index contributed by atoms with van der Waals surface area (Å²) in [6, 6.07) is 9.05. The molecule has 1 aromatic heterocycles. The molecule has 0 aliphatic heterocycles. The topological polar surface area (TPSA) is 51.1 Å². The van der Waals surface area contributed by atoms with Crippen molar-refractivity contribution in [2.75, 3.05) is 5.32 Å². The number of aromatic nitrogens is 1. The molecule has 1 heterocycles. The van der Waals surface area contributed by atoms with Crippen molar-refractivity contribution in [1.29, 1.82) is 0 Å². The van der Waals surface area contributed by atoms with Gasteiger partial charge in [0.15, 0.2) is 0 Å². The number of para-hydroxylation sites is 1. The lowest BCUT2D eigenvalue weighted by molar-refractivity contribution is -0.116. The van der Waals surface area contributed by atoms with Crippen molar-refractivity contribution in [3.05, 3.63) is 61.4 Å². The predicted octanol–water partition coefficient (Wildman–Crippen LogP) is 3.32. The first kappa shape index (κ1) is 15.0. The van der Waals surface area contributed by atoms with Crippen LogP contribution in [0.25, 0.3) is 0 Å². The molecule has 0 aliphatic carbocycles. The zero-order chi connectivity index (χ0) is 14.7. The smallest absolute Gasteiger partial charge is 0.253 e. The number of carbonyl (C=O) groups excluding carboxylic acids is 1. The molecule has 1 N–H and O–H groups in total. The van der Waals surface area contributed by atoms with Gasteiger partial charge in [-0.25, -0.2) is 0 Å². The second-order valence-corrected chi connectivity index (χ2v) is 6.07. The third-order valence-electron chi connectivity index (χ3n) is 2.69. The van der Waals surface area contributed by atoms with Crippen LogP contribution < -0.4 is 10.9 Å². The fraction of sp³-hybridized carbons (Fsp3) is 0.143. The Morgan fingerprint density at radius 2 is 2.00 bits per heavy atom. The van der Waals surface area contributed by atoms with Crippen LogP contribution >= 0.6 is 31.9 Å². The SMILES string of the molecule is Cc1cc(Br)cn(CC(=O)Nc2ccccc2Br)c1=O. The van der Waals surface area contributed by atoms with Gasteiger partial charge in [0.1, 0.15) is 6.54 Å². The van der Waals surface area contributed by atoms with Gasteiger partial charge in [0, 0.05) is 20.7 Å². The third-order valence-corrected chi connectivity index (χ3v) is 3.82. The normalized spacial score (nSPS) is 10.3. The summed E-state index contributed by atoms with van der Waals surface area (Å²) < 4.78 is 2.94. The van der Waals surface area contributed by atoms with Crippen LogP contribution in [0.2, 0.25) is 0 Å². The summed E-state index contributed by atoms with van der Waals surface area (Å²) in [5.41, 5.74) is 1.10. The Kier molecular flexibility index (Phi) is 4.77. The molecule has 0 aliphatic rings. The molecule has 0 fully saturated rings. The number of benzene rings is 1. The number of anilines is 1. The van der Waals surface area contributed by atoms with Crippen molar-refractivity contribution in [3.63, 3.8) is 0 Å². The van der Waals surface area contributed by atoms with Gasteiger partial charge in [-0.3, -0.25) is 9.59 Å². The summed E-state index contributed by atoms with van der Waals surface area (Å²) in [4.78, 5) is 23.9. The van der Waals surface area contributed by atoms with Crippen LogP contribution in [0.4, 0.5) is 5.69 Å². The lowest BCUT2D eigenvalue weighted by atomic mass is 10.3. The number of carbonyl (C=O) groups is 1. The van der Waals surface area contributed by atoms with E-state index in [1.807, 2.05) is 18.2 Å². The standard InChI is InChI=1S/C14H12Br2N2O2/c1-9-6-10(15)7-18(14(9)20)8-13(19)17-12-5-3-2-4-11(12)16/h2-7H,8H2,1H3,(H,17,19). The molecular formula is C14H12Br2N2O2. The van der Waals surface area contributed by atoms with Crippen molar-refractivity contribution in [3.8, 4) is 0 Å². The summed E-state index contributed by atoms with van der Waals surface area (Å²) in [5.74, 6) is -0.253. The molecule has 20 heavy (non-hydrogen) atoms. The van der Waals surface area contributed by atoms with Gasteiger partial charge >= 0.3 is 0 Å². The van der Waals surface area contributed by atoms with Gasteiger partial charge in [0.05, 0.1) is 5.69 Å². The number of amides is 1. The molecule has 1 aromatic carbocycles. The number of hydrogen-bond acceptors (Lipinski definition) is 2. The number of hydrogen-bond donors (Lipinski definition) is 1. The molecule has 0 atom stereocenters. The lowest BCUT2D eigenvalue weighted by Crippen LogP contribution is -2.28. The minimum Gasteiger partial charge on any atom is -0.324 e. The van der Waals surface area contributed by atoms with E-state index in [-0.39, 0.29) is 18.0 Å². The summed E-state index contributed by atoms with van der Waals surface area (Å²) in [7, 11) is 0. The molecule has 2 rings (SSSR count). The van der Waals surface area contributed by atoms with Gasteiger partial charge < -0.3 is 9.88 Å². The molecule has 0 spiro atoms. The maximum Gasteiger partial charge on any atom is 0.253 e. The van der Waals surface area contributed by atoms with E-state index in [4.69, 9.17) is 0 Å². The van der Waals surface area contributed by atoms with Crippen molar-refractivity contribution >= 4 is 43.5 Å². The predicted molar refractivity (Wildman–Crippen MR) is 85.9 cm³/mol. The van der Waals surface area contributed by atoms with Gasteiger partial charge in [0.25, 0.3) is 5.56 Å².